The molecule has 1 fully saturated rings. The predicted octanol–water partition coefficient (Wildman–Crippen LogP) is 0.553. The maximum atomic E-state index is 10.5. The first-order chi connectivity index (χ1) is 5.20. The minimum Gasteiger partial charge on any atom is -0.465 e. The molecule has 0 atom stereocenters. The van der Waals surface area contributed by atoms with Gasteiger partial charge in [-0.15, -0.1) is 0 Å². The SMILES string of the molecule is C=C1COCCN(C(=O)O)C1. The van der Waals surface area contributed by atoms with Crippen molar-refractivity contribution in [2.24, 2.45) is 0 Å². The number of amides is 1. The standard InChI is InChI=1S/C7H11NO3/c1-6-4-8(7(9)10)2-3-11-5-6/h1-5H2,(H,9,10). The van der Waals surface area contributed by atoms with Gasteiger partial charge in [0.25, 0.3) is 0 Å². The van der Waals surface area contributed by atoms with Gasteiger partial charge in [-0.25, -0.2) is 4.79 Å². The molecule has 1 rings (SSSR count). The van der Waals surface area contributed by atoms with Crippen molar-refractivity contribution < 1.29 is 14.6 Å². The van der Waals surface area contributed by atoms with Crippen LogP contribution in [-0.4, -0.2) is 42.4 Å². The number of ether oxygens (including phenoxy) is 1. The van der Waals surface area contributed by atoms with Gasteiger partial charge in [0.2, 0.25) is 0 Å². The summed E-state index contributed by atoms with van der Waals surface area (Å²) in [5.41, 5.74) is 0.810. The van der Waals surface area contributed by atoms with Crippen molar-refractivity contribution in [1.29, 1.82) is 0 Å². The molecule has 1 aliphatic heterocycles. The molecule has 0 aromatic heterocycles. The number of nitrogens with zero attached hydrogens (tertiary/aromatic N) is 1. The lowest BCUT2D eigenvalue weighted by Gasteiger charge is -2.14. The van der Waals surface area contributed by atoms with Gasteiger partial charge in [0.15, 0.2) is 0 Å². The molecule has 0 unspecified atom stereocenters. The zero-order chi connectivity index (χ0) is 8.27. The summed E-state index contributed by atoms with van der Waals surface area (Å²) < 4.78 is 5.08. The molecular formula is C7H11NO3. The van der Waals surface area contributed by atoms with E-state index in [0.717, 1.165) is 5.57 Å². The van der Waals surface area contributed by atoms with E-state index in [2.05, 4.69) is 6.58 Å². The molecule has 0 aliphatic carbocycles. The van der Waals surface area contributed by atoms with Crippen LogP contribution in [0.1, 0.15) is 0 Å². The van der Waals surface area contributed by atoms with E-state index in [0.29, 0.717) is 26.3 Å². The Morgan fingerprint density at radius 3 is 3.09 bits per heavy atom. The summed E-state index contributed by atoms with van der Waals surface area (Å²) in [6, 6.07) is 0. The maximum Gasteiger partial charge on any atom is 0.407 e. The Bertz CT molecular complexity index is 179. The van der Waals surface area contributed by atoms with Crippen molar-refractivity contribution in [1.82, 2.24) is 4.90 Å². The van der Waals surface area contributed by atoms with Crippen molar-refractivity contribution in [3.63, 3.8) is 0 Å². The lowest BCUT2D eigenvalue weighted by atomic mass is 10.3. The Labute approximate surface area is 65.1 Å². The van der Waals surface area contributed by atoms with Crippen LogP contribution in [0.15, 0.2) is 12.2 Å². The van der Waals surface area contributed by atoms with Crippen LogP contribution in [0, 0.1) is 0 Å². The second kappa shape index (κ2) is 3.39. The Hall–Kier alpha value is -1.03. The number of hydrogen-bond acceptors (Lipinski definition) is 2. The van der Waals surface area contributed by atoms with E-state index < -0.39 is 6.09 Å². The molecule has 0 aromatic carbocycles. The summed E-state index contributed by atoms with van der Waals surface area (Å²) in [6.45, 7) is 5.45. The Morgan fingerprint density at radius 1 is 1.73 bits per heavy atom. The van der Waals surface area contributed by atoms with E-state index in [9.17, 15) is 4.79 Å². The van der Waals surface area contributed by atoms with Crippen molar-refractivity contribution in [2.75, 3.05) is 26.3 Å². The van der Waals surface area contributed by atoms with Crippen molar-refractivity contribution >= 4 is 6.09 Å². The van der Waals surface area contributed by atoms with E-state index in [1.165, 1.54) is 4.90 Å². The van der Waals surface area contributed by atoms with E-state index in [1.807, 2.05) is 0 Å². The average molecular weight is 157 g/mol. The summed E-state index contributed by atoms with van der Waals surface area (Å²) in [5, 5.41) is 8.61. The molecule has 1 amide bonds. The van der Waals surface area contributed by atoms with Crippen LogP contribution < -0.4 is 0 Å². The van der Waals surface area contributed by atoms with E-state index in [-0.39, 0.29) is 0 Å². The van der Waals surface area contributed by atoms with Crippen molar-refractivity contribution in [3.05, 3.63) is 12.2 Å². The molecule has 1 heterocycles. The lowest BCUT2D eigenvalue weighted by Crippen LogP contribution is -2.32. The predicted molar refractivity (Wildman–Crippen MR) is 39.6 cm³/mol. The highest BCUT2D eigenvalue weighted by Gasteiger charge is 2.15. The maximum absolute atomic E-state index is 10.5. The smallest absolute Gasteiger partial charge is 0.407 e. The Morgan fingerprint density at radius 2 is 2.45 bits per heavy atom. The number of carbonyl (C=O) groups is 1. The molecule has 0 aromatic rings. The van der Waals surface area contributed by atoms with Crippen LogP contribution >= 0.6 is 0 Å². The summed E-state index contributed by atoms with van der Waals surface area (Å²) >= 11 is 0. The second-order valence-corrected chi connectivity index (χ2v) is 2.51. The fraction of sp³-hybridized carbons (Fsp3) is 0.571. The third-order valence-corrected chi connectivity index (χ3v) is 1.50. The van der Waals surface area contributed by atoms with Crippen LogP contribution in [0.3, 0.4) is 0 Å². The zero-order valence-corrected chi connectivity index (χ0v) is 6.25. The van der Waals surface area contributed by atoms with E-state index in [1.54, 1.807) is 0 Å². The quantitative estimate of drug-likeness (QED) is 0.522. The molecule has 11 heavy (non-hydrogen) atoms. The van der Waals surface area contributed by atoms with Gasteiger partial charge in [-0.1, -0.05) is 6.58 Å². The van der Waals surface area contributed by atoms with E-state index in [4.69, 9.17) is 9.84 Å². The molecule has 0 spiro atoms. The first kappa shape index (κ1) is 8.07. The first-order valence-electron chi connectivity index (χ1n) is 3.42. The van der Waals surface area contributed by atoms with Gasteiger partial charge in [-0.3, -0.25) is 0 Å². The second-order valence-electron chi connectivity index (χ2n) is 2.51. The number of rotatable bonds is 0. The van der Waals surface area contributed by atoms with Crippen LogP contribution in [0.25, 0.3) is 0 Å². The highest BCUT2D eigenvalue weighted by atomic mass is 16.5. The summed E-state index contributed by atoms with van der Waals surface area (Å²) in [5.74, 6) is 0. The first-order valence-corrected chi connectivity index (χ1v) is 3.42. The summed E-state index contributed by atoms with van der Waals surface area (Å²) in [4.78, 5) is 11.8. The summed E-state index contributed by atoms with van der Waals surface area (Å²) in [7, 11) is 0. The topological polar surface area (TPSA) is 49.8 Å². The van der Waals surface area contributed by atoms with Crippen molar-refractivity contribution in [2.45, 2.75) is 0 Å². The normalized spacial score (nSPS) is 19.6. The van der Waals surface area contributed by atoms with Crippen LogP contribution in [0.4, 0.5) is 4.79 Å². The molecule has 4 heteroatoms. The highest BCUT2D eigenvalue weighted by molar-refractivity contribution is 5.65. The summed E-state index contributed by atoms with van der Waals surface area (Å²) in [6.07, 6.45) is -0.906. The largest absolute Gasteiger partial charge is 0.465 e. The van der Waals surface area contributed by atoms with Gasteiger partial charge >= 0.3 is 6.09 Å². The molecular weight excluding hydrogens is 146 g/mol. The Balaban J connectivity index is 2.52. The molecule has 1 saturated heterocycles. The fourth-order valence-corrected chi connectivity index (χ4v) is 0.949. The zero-order valence-electron chi connectivity index (χ0n) is 6.25. The molecule has 62 valence electrons. The monoisotopic (exact) mass is 157 g/mol. The lowest BCUT2D eigenvalue weighted by molar-refractivity contribution is 0.129. The number of hydrogen-bond donors (Lipinski definition) is 1. The molecule has 0 radical (unpaired) electrons. The Kier molecular flexibility index (Phi) is 2.48. The molecule has 1 N–H and O–H groups in total. The van der Waals surface area contributed by atoms with E-state index >= 15 is 0 Å². The molecule has 1 aliphatic rings. The molecule has 0 saturated carbocycles. The average Bonchev–Trinajstić information content (AvgIpc) is 2.13. The third kappa shape index (κ3) is 2.23. The van der Waals surface area contributed by atoms with Gasteiger partial charge in [-0.05, 0) is 5.57 Å². The third-order valence-electron chi connectivity index (χ3n) is 1.50. The van der Waals surface area contributed by atoms with Gasteiger partial charge in [0.1, 0.15) is 0 Å². The van der Waals surface area contributed by atoms with Crippen LogP contribution in [0.5, 0.6) is 0 Å². The number of carboxylic acid groups (broad SMARTS) is 1. The van der Waals surface area contributed by atoms with Crippen LogP contribution in [-0.2, 0) is 4.74 Å². The fourth-order valence-electron chi connectivity index (χ4n) is 0.949. The van der Waals surface area contributed by atoms with Crippen LogP contribution in [0.2, 0.25) is 0 Å². The van der Waals surface area contributed by atoms with Gasteiger partial charge in [0.05, 0.1) is 13.2 Å². The highest BCUT2D eigenvalue weighted by Crippen LogP contribution is 2.02. The molecule has 0 bridgehead atoms. The van der Waals surface area contributed by atoms with Gasteiger partial charge < -0.3 is 14.7 Å². The minimum absolute atomic E-state index is 0.398. The van der Waals surface area contributed by atoms with Gasteiger partial charge in [-0.2, -0.15) is 0 Å². The van der Waals surface area contributed by atoms with Crippen molar-refractivity contribution in [3.8, 4) is 0 Å². The minimum atomic E-state index is -0.906. The molecule has 4 nitrogen and oxygen atoms in total. The van der Waals surface area contributed by atoms with Gasteiger partial charge in [0, 0.05) is 13.1 Å².